The van der Waals surface area contributed by atoms with E-state index in [1.165, 1.54) is 25.7 Å². The standard InChI is InChI=1S/C12H21FN4/c1-2-3-4-5-6-7-8-15-11-10(13)9-16-12(14)17-11/h9H,2-8H2,1H3,(H3,14,15,16,17). The highest BCUT2D eigenvalue weighted by molar-refractivity contribution is 5.38. The number of nitrogens with zero attached hydrogens (tertiary/aromatic N) is 2. The van der Waals surface area contributed by atoms with Gasteiger partial charge in [0.25, 0.3) is 0 Å². The van der Waals surface area contributed by atoms with Gasteiger partial charge in [0.1, 0.15) is 0 Å². The Morgan fingerprint density at radius 1 is 1.24 bits per heavy atom. The third-order valence-corrected chi connectivity index (χ3v) is 2.59. The third kappa shape index (κ3) is 5.47. The molecule has 0 aliphatic heterocycles. The van der Waals surface area contributed by atoms with Gasteiger partial charge >= 0.3 is 0 Å². The van der Waals surface area contributed by atoms with Gasteiger partial charge in [-0.3, -0.25) is 0 Å². The SMILES string of the molecule is CCCCCCCCNc1nc(N)ncc1F. The van der Waals surface area contributed by atoms with Crippen LogP contribution in [0, 0.1) is 5.82 Å². The molecule has 0 aliphatic carbocycles. The van der Waals surface area contributed by atoms with Crippen molar-refractivity contribution in [2.24, 2.45) is 0 Å². The number of nitrogens with two attached hydrogens (primary N) is 1. The molecule has 0 saturated heterocycles. The van der Waals surface area contributed by atoms with Crippen LogP contribution in [-0.2, 0) is 0 Å². The van der Waals surface area contributed by atoms with E-state index in [9.17, 15) is 4.39 Å². The van der Waals surface area contributed by atoms with Crippen LogP contribution in [0.3, 0.4) is 0 Å². The van der Waals surface area contributed by atoms with E-state index < -0.39 is 5.82 Å². The van der Waals surface area contributed by atoms with E-state index >= 15 is 0 Å². The fourth-order valence-electron chi connectivity index (χ4n) is 1.62. The van der Waals surface area contributed by atoms with Crippen molar-refractivity contribution >= 4 is 11.8 Å². The molecule has 0 fully saturated rings. The van der Waals surface area contributed by atoms with Crippen molar-refractivity contribution in [1.29, 1.82) is 0 Å². The summed E-state index contributed by atoms with van der Waals surface area (Å²) < 4.78 is 13.2. The van der Waals surface area contributed by atoms with Crippen LogP contribution in [0.1, 0.15) is 45.4 Å². The van der Waals surface area contributed by atoms with E-state index in [0.29, 0.717) is 0 Å². The molecule has 1 aromatic heterocycles. The lowest BCUT2D eigenvalue weighted by Gasteiger charge is -2.06. The van der Waals surface area contributed by atoms with E-state index in [4.69, 9.17) is 5.73 Å². The van der Waals surface area contributed by atoms with Crippen molar-refractivity contribution in [3.63, 3.8) is 0 Å². The summed E-state index contributed by atoms with van der Waals surface area (Å²) in [5, 5.41) is 2.94. The summed E-state index contributed by atoms with van der Waals surface area (Å²) >= 11 is 0. The molecule has 0 aliphatic rings. The van der Waals surface area contributed by atoms with Crippen molar-refractivity contribution in [3.05, 3.63) is 12.0 Å². The Morgan fingerprint density at radius 2 is 1.94 bits per heavy atom. The molecule has 1 heterocycles. The highest BCUT2D eigenvalue weighted by atomic mass is 19.1. The second kappa shape index (κ2) is 7.81. The molecule has 17 heavy (non-hydrogen) atoms. The smallest absolute Gasteiger partial charge is 0.222 e. The minimum atomic E-state index is -0.454. The average Bonchev–Trinajstić information content (AvgIpc) is 2.32. The zero-order valence-electron chi connectivity index (χ0n) is 10.4. The third-order valence-electron chi connectivity index (χ3n) is 2.59. The van der Waals surface area contributed by atoms with Gasteiger partial charge in [0.05, 0.1) is 6.20 Å². The Balaban J connectivity index is 2.15. The predicted octanol–water partition coefficient (Wildman–Crippen LogP) is 2.97. The van der Waals surface area contributed by atoms with Crippen molar-refractivity contribution in [3.8, 4) is 0 Å². The Labute approximate surface area is 102 Å². The second-order valence-electron chi connectivity index (χ2n) is 4.12. The average molecular weight is 240 g/mol. The number of hydrogen-bond donors (Lipinski definition) is 2. The molecule has 0 saturated carbocycles. The van der Waals surface area contributed by atoms with Gasteiger partial charge in [0, 0.05) is 6.54 Å². The lowest BCUT2D eigenvalue weighted by molar-refractivity contribution is 0.606. The lowest BCUT2D eigenvalue weighted by Crippen LogP contribution is -2.07. The van der Waals surface area contributed by atoms with Gasteiger partial charge in [-0.25, -0.2) is 9.37 Å². The molecule has 0 unspecified atom stereocenters. The molecule has 0 aromatic carbocycles. The summed E-state index contributed by atoms with van der Waals surface area (Å²) in [6.07, 6.45) is 8.34. The molecule has 0 amide bonds. The maximum atomic E-state index is 13.2. The fourth-order valence-corrected chi connectivity index (χ4v) is 1.62. The van der Waals surface area contributed by atoms with Crippen molar-refractivity contribution in [2.75, 3.05) is 17.6 Å². The summed E-state index contributed by atoms with van der Waals surface area (Å²) in [5.41, 5.74) is 5.38. The predicted molar refractivity (Wildman–Crippen MR) is 68.3 cm³/mol. The van der Waals surface area contributed by atoms with E-state index in [1.54, 1.807) is 0 Å². The number of hydrogen-bond acceptors (Lipinski definition) is 4. The van der Waals surface area contributed by atoms with Crippen LogP contribution in [0.25, 0.3) is 0 Å². The molecule has 0 bridgehead atoms. The van der Waals surface area contributed by atoms with Gasteiger partial charge in [-0.2, -0.15) is 4.98 Å². The van der Waals surface area contributed by atoms with E-state index in [0.717, 1.165) is 25.6 Å². The van der Waals surface area contributed by atoms with Crippen LogP contribution in [0.4, 0.5) is 16.2 Å². The van der Waals surface area contributed by atoms with Crippen LogP contribution >= 0.6 is 0 Å². The molecule has 0 spiro atoms. The first-order chi connectivity index (χ1) is 8.24. The lowest BCUT2D eigenvalue weighted by atomic mass is 10.1. The van der Waals surface area contributed by atoms with Gasteiger partial charge in [-0.05, 0) is 6.42 Å². The van der Waals surface area contributed by atoms with Gasteiger partial charge in [-0.1, -0.05) is 39.0 Å². The van der Waals surface area contributed by atoms with E-state index in [-0.39, 0.29) is 11.8 Å². The minimum absolute atomic E-state index is 0.0943. The Bertz CT molecular complexity index is 330. The van der Waals surface area contributed by atoms with Gasteiger partial charge < -0.3 is 11.1 Å². The molecule has 0 radical (unpaired) electrons. The molecular formula is C12H21FN4. The molecule has 4 nitrogen and oxygen atoms in total. The van der Waals surface area contributed by atoms with Gasteiger partial charge in [0.15, 0.2) is 11.6 Å². The van der Waals surface area contributed by atoms with Crippen LogP contribution in [-0.4, -0.2) is 16.5 Å². The van der Waals surface area contributed by atoms with E-state index in [2.05, 4.69) is 22.2 Å². The summed E-state index contributed by atoms with van der Waals surface area (Å²) in [6.45, 7) is 2.92. The largest absolute Gasteiger partial charge is 0.368 e. The summed E-state index contributed by atoms with van der Waals surface area (Å²) in [5.74, 6) is -0.159. The first-order valence-corrected chi connectivity index (χ1v) is 6.26. The summed E-state index contributed by atoms with van der Waals surface area (Å²) in [7, 11) is 0. The molecule has 0 atom stereocenters. The van der Waals surface area contributed by atoms with Crippen LogP contribution in [0.15, 0.2) is 6.20 Å². The number of halogens is 1. The summed E-state index contributed by atoms with van der Waals surface area (Å²) in [6, 6.07) is 0. The normalized spacial score (nSPS) is 10.5. The number of nitrogens with one attached hydrogen (secondary N) is 1. The first-order valence-electron chi connectivity index (χ1n) is 6.26. The molecule has 5 heteroatoms. The van der Waals surface area contributed by atoms with Crippen molar-refractivity contribution in [1.82, 2.24) is 9.97 Å². The molecule has 1 aromatic rings. The van der Waals surface area contributed by atoms with Gasteiger partial charge in [0.2, 0.25) is 5.95 Å². The number of anilines is 2. The van der Waals surface area contributed by atoms with Crippen molar-refractivity contribution < 1.29 is 4.39 Å². The maximum Gasteiger partial charge on any atom is 0.222 e. The van der Waals surface area contributed by atoms with Crippen LogP contribution in [0.2, 0.25) is 0 Å². The zero-order chi connectivity index (χ0) is 12.5. The monoisotopic (exact) mass is 240 g/mol. The maximum absolute atomic E-state index is 13.2. The molecule has 3 N–H and O–H groups in total. The highest BCUT2D eigenvalue weighted by Crippen LogP contribution is 2.11. The Kier molecular flexibility index (Phi) is 6.29. The number of unbranched alkanes of at least 4 members (excludes halogenated alkanes) is 5. The second-order valence-corrected chi connectivity index (χ2v) is 4.12. The van der Waals surface area contributed by atoms with E-state index in [1.807, 2.05) is 0 Å². The quantitative estimate of drug-likeness (QED) is 0.686. The van der Waals surface area contributed by atoms with Crippen molar-refractivity contribution in [2.45, 2.75) is 45.4 Å². The molecule has 96 valence electrons. The molecular weight excluding hydrogens is 219 g/mol. The van der Waals surface area contributed by atoms with Crippen LogP contribution in [0.5, 0.6) is 0 Å². The molecule has 1 rings (SSSR count). The van der Waals surface area contributed by atoms with Gasteiger partial charge in [-0.15, -0.1) is 0 Å². The zero-order valence-corrected chi connectivity index (χ0v) is 10.4. The Hall–Kier alpha value is -1.39. The fraction of sp³-hybridized carbons (Fsp3) is 0.667. The van der Waals surface area contributed by atoms with Crippen LogP contribution < -0.4 is 11.1 Å². The minimum Gasteiger partial charge on any atom is -0.368 e. The highest BCUT2D eigenvalue weighted by Gasteiger charge is 2.03. The number of rotatable bonds is 8. The number of nitrogen functional groups attached to an aromatic ring is 1. The first kappa shape index (κ1) is 13.7. The number of aromatic nitrogens is 2. The Morgan fingerprint density at radius 3 is 2.71 bits per heavy atom. The summed E-state index contributed by atoms with van der Waals surface area (Å²) in [4.78, 5) is 7.37. The topological polar surface area (TPSA) is 63.8 Å².